The zero-order valence-corrected chi connectivity index (χ0v) is 11.3. The lowest BCUT2D eigenvalue weighted by Gasteiger charge is -2.08. The van der Waals surface area contributed by atoms with E-state index in [4.69, 9.17) is 22.1 Å². The molecule has 1 heterocycles. The predicted octanol–water partition coefficient (Wildman–Crippen LogP) is 3.26. The highest BCUT2D eigenvalue weighted by Crippen LogP contribution is 2.34. The standard InChI is InChI=1S/C12H12ClN3OS/c1-2-17-11-10(14)12(16-7-15-11)18-9-5-3-4-8(13)6-9/h3-7H,2,14H2,1H3. The SMILES string of the molecule is CCOc1ncnc(Sc2cccc(Cl)c2)c1N. The van der Waals surface area contributed by atoms with Gasteiger partial charge in [0.15, 0.2) is 0 Å². The molecule has 0 bridgehead atoms. The lowest BCUT2D eigenvalue weighted by atomic mass is 10.4. The van der Waals surface area contributed by atoms with E-state index in [2.05, 4.69) is 9.97 Å². The van der Waals surface area contributed by atoms with Gasteiger partial charge in [0.1, 0.15) is 17.0 Å². The quantitative estimate of drug-likeness (QED) is 0.872. The summed E-state index contributed by atoms with van der Waals surface area (Å²) in [5, 5.41) is 1.34. The third-order valence-corrected chi connectivity index (χ3v) is 3.35. The summed E-state index contributed by atoms with van der Waals surface area (Å²) in [6, 6.07) is 7.50. The Bertz CT molecular complexity index is 551. The van der Waals surface area contributed by atoms with E-state index in [1.54, 1.807) is 0 Å². The fourth-order valence-corrected chi connectivity index (χ4v) is 2.45. The molecular weight excluding hydrogens is 270 g/mol. The summed E-state index contributed by atoms with van der Waals surface area (Å²) in [5.74, 6) is 0.414. The fraction of sp³-hybridized carbons (Fsp3) is 0.167. The first kappa shape index (κ1) is 13.0. The van der Waals surface area contributed by atoms with Gasteiger partial charge in [-0.3, -0.25) is 0 Å². The predicted molar refractivity (Wildman–Crippen MR) is 73.2 cm³/mol. The van der Waals surface area contributed by atoms with Gasteiger partial charge in [0.25, 0.3) is 0 Å². The Hall–Kier alpha value is -1.46. The Morgan fingerprint density at radius 3 is 2.94 bits per heavy atom. The molecule has 2 rings (SSSR count). The largest absolute Gasteiger partial charge is 0.476 e. The summed E-state index contributed by atoms with van der Waals surface area (Å²) < 4.78 is 5.32. The number of nitrogens with two attached hydrogens (primary N) is 1. The van der Waals surface area contributed by atoms with Crippen molar-refractivity contribution >= 4 is 29.1 Å². The monoisotopic (exact) mass is 281 g/mol. The molecule has 0 aliphatic rings. The maximum atomic E-state index is 5.95. The van der Waals surface area contributed by atoms with Crippen LogP contribution in [0.15, 0.2) is 40.5 Å². The molecule has 0 atom stereocenters. The second-order valence-corrected chi connectivity index (χ2v) is 4.89. The van der Waals surface area contributed by atoms with Crippen LogP contribution in [-0.4, -0.2) is 16.6 Å². The molecule has 2 N–H and O–H groups in total. The maximum Gasteiger partial charge on any atom is 0.241 e. The number of nitrogens with zero attached hydrogens (tertiary/aromatic N) is 2. The molecule has 2 aromatic rings. The van der Waals surface area contributed by atoms with Gasteiger partial charge in [0.05, 0.1) is 6.61 Å². The van der Waals surface area contributed by atoms with Crippen LogP contribution >= 0.6 is 23.4 Å². The molecule has 0 fully saturated rings. The smallest absolute Gasteiger partial charge is 0.241 e. The second kappa shape index (κ2) is 5.93. The Morgan fingerprint density at radius 1 is 1.39 bits per heavy atom. The minimum absolute atomic E-state index is 0.414. The highest BCUT2D eigenvalue weighted by atomic mass is 35.5. The minimum atomic E-state index is 0.414. The van der Waals surface area contributed by atoms with E-state index in [9.17, 15) is 0 Å². The molecule has 94 valence electrons. The van der Waals surface area contributed by atoms with E-state index in [0.29, 0.717) is 28.2 Å². The van der Waals surface area contributed by atoms with Crippen LogP contribution in [0.2, 0.25) is 5.02 Å². The van der Waals surface area contributed by atoms with Gasteiger partial charge < -0.3 is 10.5 Å². The summed E-state index contributed by atoms with van der Waals surface area (Å²) in [4.78, 5) is 9.11. The van der Waals surface area contributed by atoms with Crippen LogP contribution < -0.4 is 10.5 Å². The van der Waals surface area contributed by atoms with Crippen LogP contribution in [0.25, 0.3) is 0 Å². The number of hydrogen-bond donors (Lipinski definition) is 1. The van der Waals surface area contributed by atoms with Gasteiger partial charge in [-0.1, -0.05) is 29.4 Å². The van der Waals surface area contributed by atoms with Crippen LogP contribution in [0.3, 0.4) is 0 Å². The maximum absolute atomic E-state index is 5.95. The normalized spacial score (nSPS) is 10.3. The van der Waals surface area contributed by atoms with Crippen molar-refractivity contribution < 1.29 is 4.74 Å². The first-order chi connectivity index (χ1) is 8.70. The van der Waals surface area contributed by atoms with Crippen molar-refractivity contribution in [3.05, 3.63) is 35.6 Å². The third-order valence-electron chi connectivity index (χ3n) is 2.10. The zero-order chi connectivity index (χ0) is 13.0. The van der Waals surface area contributed by atoms with E-state index >= 15 is 0 Å². The number of nitrogen functional groups attached to an aromatic ring is 1. The lowest BCUT2D eigenvalue weighted by Crippen LogP contribution is -2.02. The van der Waals surface area contributed by atoms with Crippen LogP contribution in [-0.2, 0) is 0 Å². The van der Waals surface area contributed by atoms with Gasteiger partial charge in [-0.2, -0.15) is 4.98 Å². The van der Waals surface area contributed by atoms with Crippen LogP contribution in [0.4, 0.5) is 5.69 Å². The van der Waals surface area contributed by atoms with Gasteiger partial charge in [0, 0.05) is 9.92 Å². The van der Waals surface area contributed by atoms with Crippen molar-refractivity contribution in [1.82, 2.24) is 9.97 Å². The molecule has 0 aliphatic heterocycles. The number of rotatable bonds is 4. The Morgan fingerprint density at radius 2 is 2.22 bits per heavy atom. The molecule has 4 nitrogen and oxygen atoms in total. The molecule has 18 heavy (non-hydrogen) atoms. The van der Waals surface area contributed by atoms with E-state index in [1.165, 1.54) is 18.1 Å². The molecule has 0 unspecified atom stereocenters. The number of benzene rings is 1. The molecule has 6 heteroatoms. The van der Waals surface area contributed by atoms with Crippen molar-refractivity contribution in [2.45, 2.75) is 16.8 Å². The molecule has 0 radical (unpaired) electrons. The van der Waals surface area contributed by atoms with Gasteiger partial charge in [-0.05, 0) is 25.1 Å². The summed E-state index contributed by atoms with van der Waals surface area (Å²) in [7, 11) is 0. The lowest BCUT2D eigenvalue weighted by molar-refractivity contribution is 0.327. The van der Waals surface area contributed by atoms with E-state index < -0.39 is 0 Å². The molecule has 0 spiro atoms. The summed E-state index contributed by atoms with van der Waals surface area (Å²) in [5.41, 5.74) is 6.40. The first-order valence-electron chi connectivity index (χ1n) is 5.37. The van der Waals surface area contributed by atoms with E-state index in [-0.39, 0.29) is 0 Å². The number of hydrogen-bond acceptors (Lipinski definition) is 5. The number of anilines is 1. The molecule has 1 aromatic carbocycles. The second-order valence-electron chi connectivity index (χ2n) is 3.39. The Labute approximate surface area is 115 Å². The van der Waals surface area contributed by atoms with Crippen molar-refractivity contribution in [3.63, 3.8) is 0 Å². The van der Waals surface area contributed by atoms with Gasteiger partial charge in [-0.15, -0.1) is 0 Å². The van der Waals surface area contributed by atoms with Crippen LogP contribution in [0, 0.1) is 0 Å². The van der Waals surface area contributed by atoms with Gasteiger partial charge in [0.2, 0.25) is 5.88 Å². The molecule has 0 amide bonds. The number of ether oxygens (including phenoxy) is 1. The highest BCUT2D eigenvalue weighted by Gasteiger charge is 2.10. The molecular formula is C12H12ClN3OS. The van der Waals surface area contributed by atoms with Crippen LogP contribution in [0.1, 0.15) is 6.92 Å². The van der Waals surface area contributed by atoms with E-state index in [1.807, 2.05) is 31.2 Å². The first-order valence-corrected chi connectivity index (χ1v) is 6.57. The summed E-state index contributed by atoms with van der Waals surface area (Å²) in [6.45, 7) is 2.40. The average molecular weight is 282 g/mol. The van der Waals surface area contributed by atoms with Crippen molar-refractivity contribution in [2.75, 3.05) is 12.3 Å². The summed E-state index contributed by atoms with van der Waals surface area (Å²) in [6.07, 6.45) is 1.44. The molecule has 1 aromatic heterocycles. The van der Waals surface area contributed by atoms with Crippen molar-refractivity contribution in [1.29, 1.82) is 0 Å². The molecule has 0 saturated heterocycles. The average Bonchev–Trinajstić information content (AvgIpc) is 2.35. The minimum Gasteiger partial charge on any atom is -0.476 e. The third kappa shape index (κ3) is 3.05. The van der Waals surface area contributed by atoms with E-state index in [0.717, 1.165) is 4.90 Å². The topological polar surface area (TPSA) is 61.0 Å². The Balaban J connectivity index is 2.26. The van der Waals surface area contributed by atoms with Gasteiger partial charge >= 0.3 is 0 Å². The molecule has 0 aliphatic carbocycles. The highest BCUT2D eigenvalue weighted by molar-refractivity contribution is 7.99. The zero-order valence-electron chi connectivity index (χ0n) is 9.76. The number of aromatic nitrogens is 2. The summed E-state index contributed by atoms with van der Waals surface area (Å²) >= 11 is 7.36. The van der Waals surface area contributed by atoms with Crippen molar-refractivity contribution in [2.24, 2.45) is 0 Å². The molecule has 0 saturated carbocycles. The Kier molecular flexibility index (Phi) is 4.28. The van der Waals surface area contributed by atoms with Crippen molar-refractivity contribution in [3.8, 4) is 5.88 Å². The fourth-order valence-electron chi connectivity index (χ4n) is 1.34. The van der Waals surface area contributed by atoms with Gasteiger partial charge in [-0.25, -0.2) is 4.98 Å². The van der Waals surface area contributed by atoms with Crippen LogP contribution in [0.5, 0.6) is 5.88 Å². The number of halogens is 1.